The van der Waals surface area contributed by atoms with Crippen LogP contribution in [-0.4, -0.2) is 11.6 Å². The Bertz CT molecular complexity index is 174. The summed E-state index contributed by atoms with van der Waals surface area (Å²) in [5.74, 6) is 0.900. The number of aromatic nitrogens is 1. The summed E-state index contributed by atoms with van der Waals surface area (Å²) in [6.45, 7) is 2.87. The van der Waals surface area contributed by atoms with Crippen LogP contribution < -0.4 is 4.74 Å². The molecule has 0 aliphatic carbocycles. The molecule has 0 atom stereocenters. The molecule has 1 aromatic rings. The lowest BCUT2D eigenvalue weighted by Crippen LogP contribution is -1.94. The average molecular weight is 137 g/mol. The van der Waals surface area contributed by atoms with Gasteiger partial charge < -0.3 is 4.74 Å². The zero-order chi connectivity index (χ0) is 7.23. The molecule has 0 saturated heterocycles. The second-order valence-electron chi connectivity index (χ2n) is 2.03. The van der Waals surface area contributed by atoms with Crippen molar-refractivity contribution in [1.29, 1.82) is 0 Å². The highest BCUT2D eigenvalue weighted by atomic mass is 16.5. The fourth-order valence-corrected chi connectivity index (χ4v) is 0.654. The third-order valence-electron chi connectivity index (χ3n) is 1.12. The SMILES string of the molecule is CCCOc1ccncc1. The van der Waals surface area contributed by atoms with Gasteiger partial charge in [-0.3, -0.25) is 4.98 Å². The molecule has 0 spiro atoms. The minimum absolute atomic E-state index is 0.782. The molecule has 10 heavy (non-hydrogen) atoms. The minimum atomic E-state index is 0.782. The van der Waals surface area contributed by atoms with E-state index in [9.17, 15) is 0 Å². The van der Waals surface area contributed by atoms with Crippen molar-refractivity contribution >= 4 is 0 Å². The summed E-state index contributed by atoms with van der Waals surface area (Å²) in [6.07, 6.45) is 4.50. The summed E-state index contributed by atoms with van der Waals surface area (Å²) in [4.78, 5) is 3.87. The van der Waals surface area contributed by atoms with Crippen molar-refractivity contribution in [3.63, 3.8) is 0 Å². The molecule has 0 saturated carbocycles. The van der Waals surface area contributed by atoms with Crippen molar-refractivity contribution in [3.05, 3.63) is 24.5 Å². The van der Waals surface area contributed by atoms with E-state index in [0.717, 1.165) is 18.8 Å². The van der Waals surface area contributed by atoms with Crippen LogP contribution in [0.5, 0.6) is 5.75 Å². The Morgan fingerprint density at radius 1 is 1.40 bits per heavy atom. The number of hydrogen-bond acceptors (Lipinski definition) is 2. The molecule has 0 amide bonds. The lowest BCUT2D eigenvalue weighted by molar-refractivity contribution is 0.317. The third kappa shape index (κ3) is 2.05. The Morgan fingerprint density at radius 2 is 2.10 bits per heavy atom. The van der Waals surface area contributed by atoms with Gasteiger partial charge in [-0.05, 0) is 18.6 Å². The van der Waals surface area contributed by atoms with Gasteiger partial charge >= 0.3 is 0 Å². The highest BCUT2D eigenvalue weighted by Gasteiger charge is 1.87. The number of nitrogens with zero attached hydrogens (tertiary/aromatic N) is 1. The zero-order valence-electron chi connectivity index (χ0n) is 6.08. The topological polar surface area (TPSA) is 22.1 Å². The second-order valence-corrected chi connectivity index (χ2v) is 2.03. The first-order chi connectivity index (χ1) is 4.93. The standard InChI is InChI=1S/C8H11NO/c1-2-7-10-8-3-5-9-6-4-8/h3-6H,2,7H2,1H3. The molecular weight excluding hydrogens is 126 g/mol. The Morgan fingerprint density at radius 3 is 2.70 bits per heavy atom. The van der Waals surface area contributed by atoms with Crippen molar-refractivity contribution in [1.82, 2.24) is 4.98 Å². The van der Waals surface area contributed by atoms with Crippen LogP contribution in [-0.2, 0) is 0 Å². The van der Waals surface area contributed by atoms with Gasteiger partial charge in [0.25, 0.3) is 0 Å². The molecule has 0 fully saturated rings. The van der Waals surface area contributed by atoms with E-state index in [1.165, 1.54) is 0 Å². The van der Waals surface area contributed by atoms with E-state index in [4.69, 9.17) is 4.74 Å². The average Bonchev–Trinajstić information content (AvgIpc) is 2.03. The molecule has 0 aromatic carbocycles. The van der Waals surface area contributed by atoms with Gasteiger partial charge in [0.05, 0.1) is 6.61 Å². The minimum Gasteiger partial charge on any atom is -0.493 e. The van der Waals surface area contributed by atoms with Gasteiger partial charge in [-0.2, -0.15) is 0 Å². The molecule has 0 bridgehead atoms. The Hall–Kier alpha value is -1.05. The monoisotopic (exact) mass is 137 g/mol. The number of rotatable bonds is 3. The van der Waals surface area contributed by atoms with E-state index in [1.807, 2.05) is 12.1 Å². The zero-order valence-corrected chi connectivity index (χ0v) is 6.08. The van der Waals surface area contributed by atoms with Crippen LogP contribution in [0.25, 0.3) is 0 Å². The van der Waals surface area contributed by atoms with E-state index >= 15 is 0 Å². The summed E-state index contributed by atoms with van der Waals surface area (Å²) in [5.41, 5.74) is 0. The van der Waals surface area contributed by atoms with Crippen LogP contribution in [0, 0.1) is 0 Å². The van der Waals surface area contributed by atoms with E-state index < -0.39 is 0 Å². The Kier molecular flexibility index (Phi) is 2.74. The van der Waals surface area contributed by atoms with Gasteiger partial charge in [0.15, 0.2) is 0 Å². The fourth-order valence-electron chi connectivity index (χ4n) is 0.654. The van der Waals surface area contributed by atoms with E-state index in [1.54, 1.807) is 12.4 Å². The Balaban J connectivity index is 2.43. The molecule has 1 heterocycles. The van der Waals surface area contributed by atoms with Crippen molar-refractivity contribution < 1.29 is 4.74 Å². The van der Waals surface area contributed by atoms with Crippen molar-refractivity contribution in [2.45, 2.75) is 13.3 Å². The molecule has 2 nitrogen and oxygen atoms in total. The number of hydrogen-bond donors (Lipinski definition) is 0. The fraction of sp³-hybridized carbons (Fsp3) is 0.375. The van der Waals surface area contributed by atoms with Crippen LogP contribution in [0.1, 0.15) is 13.3 Å². The maximum absolute atomic E-state index is 5.32. The molecule has 0 aliphatic heterocycles. The molecule has 2 heteroatoms. The summed E-state index contributed by atoms with van der Waals surface area (Å²) in [6, 6.07) is 3.71. The van der Waals surface area contributed by atoms with E-state index in [2.05, 4.69) is 11.9 Å². The molecule has 0 aliphatic rings. The lowest BCUT2D eigenvalue weighted by Gasteiger charge is -2.01. The van der Waals surface area contributed by atoms with E-state index in [0.29, 0.717) is 0 Å². The van der Waals surface area contributed by atoms with Crippen molar-refractivity contribution in [2.24, 2.45) is 0 Å². The largest absolute Gasteiger partial charge is 0.493 e. The van der Waals surface area contributed by atoms with Crippen LogP contribution in [0.2, 0.25) is 0 Å². The molecular formula is C8H11NO. The maximum Gasteiger partial charge on any atom is 0.122 e. The molecule has 0 N–H and O–H groups in total. The van der Waals surface area contributed by atoms with E-state index in [-0.39, 0.29) is 0 Å². The molecule has 1 aromatic heterocycles. The van der Waals surface area contributed by atoms with Gasteiger partial charge in [0.1, 0.15) is 5.75 Å². The van der Waals surface area contributed by atoms with Crippen LogP contribution in [0.3, 0.4) is 0 Å². The molecule has 1 rings (SSSR count). The van der Waals surface area contributed by atoms with Crippen LogP contribution in [0.15, 0.2) is 24.5 Å². The number of ether oxygens (including phenoxy) is 1. The van der Waals surface area contributed by atoms with Gasteiger partial charge in [-0.15, -0.1) is 0 Å². The molecule has 0 radical (unpaired) electrons. The summed E-state index contributed by atoms with van der Waals surface area (Å²) in [5, 5.41) is 0. The molecule has 0 unspecified atom stereocenters. The van der Waals surface area contributed by atoms with Gasteiger partial charge in [0, 0.05) is 12.4 Å². The quantitative estimate of drug-likeness (QED) is 0.634. The highest BCUT2D eigenvalue weighted by molar-refractivity contribution is 5.16. The van der Waals surface area contributed by atoms with Gasteiger partial charge in [-0.1, -0.05) is 6.92 Å². The summed E-state index contributed by atoms with van der Waals surface area (Å²) < 4.78 is 5.32. The highest BCUT2D eigenvalue weighted by Crippen LogP contribution is 2.06. The van der Waals surface area contributed by atoms with Crippen LogP contribution >= 0.6 is 0 Å². The number of pyridine rings is 1. The van der Waals surface area contributed by atoms with Gasteiger partial charge in [0.2, 0.25) is 0 Å². The third-order valence-corrected chi connectivity index (χ3v) is 1.12. The van der Waals surface area contributed by atoms with Crippen molar-refractivity contribution in [3.8, 4) is 5.75 Å². The van der Waals surface area contributed by atoms with Gasteiger partial charge in [-0.25, -0.2) is 0 Å². The summed E-state index contributed by atoms with van der Waals surface area (Å²) >= 11 is 0. The molecule has 54 valence electrons. The predicted molar refractivity (Wildman–Crippen MR) is 40.0 cm³/mol. The first-order valence-corrected chi connectivity index (χ1v) is 3.46. The van der Waals surface area contributed by atoms with Crippen molar-refractivity contribution in [2.75, 3.05) is 6.61 Å². The first kappa shape index (κ1) is 7.06. The van der Waals surface area contributed by atoms with Crippen LogP contribution in [0.4, 0.5) is 0 Å². The summed E-state index contributed by atoms with van der Waals surface area (Å²) in [7, 11) is 0. The lowest BCUT2D eigenvalue weighted by atomic mass is 10.4. The smallest absolute Gasteiger partial charge is 0.122 e. The predicted octanol–water partition coefficient (Wildman–Crippen LogP) is 1.87. The maximum atomic E-state index is 5.32. The first-order valence-electron chi connectivity index (χ1n) is 3.46. The Labute approximate surface area is 60.9 Å². The second kappa shape index (κ2) is 3.88. The normalized spacial score (nSPS) is 9.30.